The van der Waals surface area contributed by atoms with E-state index in [0.717, 1.165) is 0 Å². The number of hydrogen-bond donors (Lipinski definition) is 1. The van der Waals surface area contributed by atoms with Crippen molar-refractivity contribution in [3.05, 3.63) is 24.8 Å². The van der Waals surface area contributed by atoms with Crippen LogP contribution in [0.1, 0.15) is 6.92 Å². The lowest BCUT2D eigenvalue weighted by Gasteiger charge is -2.29. The van der Waals surface area contributed by atoms with Gasteiger partial charge in [-0.25, -0.2) is 4.79 Å². The fourth-order valence-electron chi connectivity index (χ4n) is 0.952. The van der Waals surface area contributed by atoms with Crippen molar-refractivity contribution < 1.29 is 31.2 Å². The first-order valence-electron chi connectivity index (χ1n) is 5.33. The SMILES string of the molecule is C=CC(=O)NC[N+](C)(C)CCOC(=O)C(=C)C.[Cl-]. The predicted molar refractivity (Wildman–Crippen MR) is 66.0 cm³/mol. The molecule has 0 aliphatic heterocycles. The van der Waals surface area contributed by atoms with Crippen molar-refractivity contribution in [2.45, 2.75) is 6.92 Å². The molecule has 0 aliphatic carbocycles. The number of amides is 1. The Morgan fingerprint density at radius 3 is 2.39 bits per heavy atom. The molecule has 6 heteroatoms. The number of ether oxygens (including phenoxy) is 1. The molecule has 0 radical (unpaired) electrons. The maximum Gasteiger partial charge on any atom is 0.333 e. The van der Waals surface area contributed by atoms with Gasteiger partial charge in [-0.15, -0.1) is 0 Å². The van der Waals surface area contributed by atoms with Crippen molar-refractivity contribution in [2.75, 3.05) is 33.9 Å². The number of quaternary nitrogens is 1. The van der Waals surface area contributed by atoms with Crippen molar-refractivity contribution in [1.29, 1.82) is 0 Å². The maximum atomic E-state index is 11.1. The number of esters is 1. The van der Waals surface area contributed by atoms with Crippen LogP contribution >= 0.6 is 0 Å². The Labute approximate surface area is 114 Å². The summed E-state index contributed by atoms with van der Waals surface area (Å²) in [5.41, 5.74) is 0.385. The second-order valence-electron chi connectivity index (χ2n) is 4.48. The summed E-state index contributed by atoms with van der Waals surface area (Å²) in [7, 11) is 3.86. The summed E-state index contributed by atoms with van der Waals surface area (Å²) in [5.74, 6) is -0.602. The minimum atomic E-state index is -0.389. The average molecular weight is 277 g/mol. The van der Waals surface area contributed by atoms with Gasteiger partial charge in [-0.2, -0.15) is 0 Å². The van der Waals surface area contributed by atoms with Crippen molar-refractivity contribution >= 4 is 11.9 Å². The van der Waals surface area contributed by atoms with Crippen LogP contribution in [0.4, 0.5) is 0 Å². The molecule has 0 bridgehead atoms. The van der Waals surface area contributed by atoms with Crippen LogP contribution in [0.15, 0.2) is 24.8 Å². The fraction of sp³-hybridized carbons (Fsp3) is 0.500. The number of rotatable bonds is 7. The van der Waals surface area contributed by atoms with Crippen LogP contribution in [0.5, 0.6) is 0 Å². The Bertz CT molecular complexity index is 327. The van der Waals surface area contributed by atoms with E-state index in [1.165, 1.54) is 6.08 Å². The Balaban J connectivity index is 0. The predicted octanol–water partition coefficient (Wildman–Crippen LogP) is -2.55. The van der Waals surface area contributed by atoms with Gasteiger partial charge in [-0.3, -0.25) is 4.79 Å². The Kier molecular flexibility index (Phi) is 9.21. The second-order valence-corrected chi connectivity index (χ2v) is 4.48. The number of halogens is 1. The van der Waals surface area contributed by atoms with E-state index in [9.17, 15) is 9.59 Å². The number of carbonyl (C=O) groups excluding carboxylic acids is 2. The number of likely N-dealkylation sites (N-methyl/N-ethyl adjacent to an activating group) is 1. The Morgan fingerprint density at radius 2 is 1.94 bits per heavy atom. The Morgan fingerprint density at radius 1 is 1.39 bits per heavy atom. The quantitative estimate of drug-likeness (QED) is 0.241. The average Bonchev–Trinajstić information content (AvgIpc) is 2.25. The van der Waals surface area contributed by atoms with Crippen LogP contribution in [-0.4, -0.2) is 50.3 Å². The van der Waals surface area contributed by atoms with Gasteiger partial charge < -0.3 is 26.9 Å². The standard InChI is InChI=1S/C12H20N2O3.ClH/c1-6-11(15)13-9-14(4,5)7-8-17-12(16)10(2)3;/h6H,1-2,7-9H2,3-5H3;1H. The first-order valence-corrected chi connectivity index (χ1v) is 5.33. The van der Waals surface area contributed by atoms with Crippen molar-refractivity contribution in [3.8, 4) is 0 Å². The third-order valence-electron chi connectivity index (χ3n) is 2.14. The summed E-state index contributed by atoms with van der Waals surface area (Å²) in [5, 5.41) is 2.69. The number of carbonyl (C=O) groups is 2. The highest BCUT2D eigenvalue weighted by atomic mass is 35.5. The third-order valence-corrected chi connectivity index (χ3v) is 2.14. The smallest absolute Gasteiger partial charge is 0.333 e. The summed E-state index contributed by atoms with van der Waals surface area (Å²) in [6.07, 6.45) is 1.22. The van der Waals surface area contributed by atoms with E-state index in [4.69, 9.17) is 4.74 Å². The van der Waals surface area contributed by atoms with Crippen LogP contribution in [0.25, 0.3) is 0 Å². The van der Waals surface area contributed by atoms with Crippen molar-refractivity contribution in [3.63, 3.8) is 0 Å². The maximum absolute atomic E-state index is 11.1. The minimum Gasteiger partial charge on any atom is -1.00 e. The molecular formula is C12H21ClN2O3. The van der Waals surface area contributed by atoms with E-state index in [0.29, 0.717) is 29.9 Å². The molecule has 18 heavy (non-hydrogen) atoms. The topological polar surface area (TPSA) is 55.4 Å². The van der Waals surface area contributed by atoms with E-state index < -0.39 is 0 Å². The molecule has 0 aromatic heterocycles. The molecule has 1 N–H and O–H groups in total. The molecular weight excluding hydrogens is 256 g/mol. The summed E-state index contributed by atoms with van der Waals surface area (Å²) < 4.78 is 5.50. The molecule has 0 saturated heterocycles. The summed E-state index contributed by atoms with van der Waals surface area (Å²) >= 11 is 0. The normalized spacial score (nSPS) is 9.94. The van der Waals surface area contributed by atoms with Gasteiger partial charge in [0.1, 0.15) is 13.2 Å². The molecule has 104 valence electrons. The highest BCUT2D eigenvalue weighted by molar-refractivity contribution is 5.87. The lowest BCUT2D eigenvalue weighted by molar-refractivity contribution is -0.892. The zero-order chi connectivity index (χ0) is 13.5. The molecule has 0 spiro atoms. The number of hydrogen-bond acceptors (Lipinski definition) is 3. The molecule has 1 amide bonds. The van der Waals surface area contributed by atoms with Crippen LogP contribution in [0.2, 0.25) is 0 Å². The fourth-order valence-corrected chi connectivity index (χ4v) is 0.952. The highest BCUT2D eigenvalue weighted by Gasteiger charge is 2.16. The number of nitrogens with zero attached hydrogens (tertiary/aromatic N) is 1. The van der Waals surface area contributed by atoms with Crippen LogP contribution in [0.3, 0.4) is 0 Å². The molecule has 0 aliphatic rings. The zero-order valence-electron chi connectivity index (χ0n) is 11.2. The third kappa shape index (κ3) is 8.78. The Hall–Kier alpha value is -1.33. The number of nitrogens with one attached hydrogen (secondary N) is 1. The molecule has 0 rings (SSSR count). The van der Waals surface area contributed by atoms with Gasteiger partial charge in [0.25, 0.3) is 0 Å². The van der Waals surface area contributed by atoms with Gasteiger partial charge in [-0.05, 0) is 13.0 Å². The van der Waals surface area contributed by atoms with Gasteiger partial charge in [0.2, 0.25) is 5.91 Å². The van der Waals surface area contributed by atoms with E-state index >= 15 is 0 Å². The largest absolute Gasteiger partial charge is 1.00 e. The summed E-state index contributed by atoms with van der Waals surface area (Å²) in [6, 6.07) is 0. The molecule has 5 nitrogen and oxygen atoms in total. The minimum absolute atomic E-state index is 0. The zero-order valence-corrected chi connectivity index (χ0v) is 11.9. The van der Waals surface area contributed by atoms with Crippen LogP contribution < -0.4 is 17.7 Å². The first-order chi connectivity index (χ1) is 7.78. The second kappa shape index (κ2) is 8.72. The molecule has 0 atom stereocenters. The van der Waals surface area contributed by atoms with E-state index in [2.05, 4.69) is 18.5 Å². The summed E-state index contributed by atoms with van der Waals surface area (Å²) in [4.78, 5) is 22.1. The molecule has 0 heterocycles. The lowest BCUT2D eigenvalue weighted by Crippen LogP contribution is -3.00. The first kappa shape index (κ1) is 19.0. The van der Waals surface area contributed by atoms with E-state index in [1.54, 1.807) is 6.92 Å². The van der Waals surface area contributed by atoms with Crippen LogP contribution in [0, 0.1) is 0 Å². The lowest BCUT2D eigenvalue weighted by atomic mass is 10.4. The van der Waals surface area contributed by atoms with Gasteiger partial charge in [0, 0.05) is 5.57 Å². The van der Waals surface area contributed by atoms with Crippen molar-refractivity contribution in [2.24, 2.45) is 0 Å². The van der Waals surface area contributed by atoms with E-state index in [1.807, 2.05) is 14.1 Å². The molecule has 0 fully saturated rings. The molecule has 0 unspecified atom stereocenters. The van der Waals surface area contributed by atoms with Gasteiger partial charge >= 0.3 is 5.97 Å². The van der Waals surface area contributed by atoms with E-state index in [-0.39, 0.29) is 24.3 Å². The summed E-state index contributed by atoms with van der Waals surface area (Å²) in [6.45, 7) is 9.82. The van der Waals surface area contributed by atoms with Crippen LogP contribution in [-0.2, 0) is 14.3 Å². The van der Waals surface area contributed by atoms with Gasteiger partial charge in [-0.1, -0.05) is 13.2 Å². The van der Waals surface area contributed by atoms with Crippen molar-refractivity contribution in [1.82, 2.24) is 5.32 Å². The molecule has 0 aromatic rings. The van der Waals surface area contributed by atoms with Gasteiger partial charge in [0.15, 0.2) is 6.67 Å². The molecule has 0 saturated carbocycles. The monoisotopic (exact) mass is 276 g/mol. The highest BCUT2D eigenvalue weighted by Crippen LogP contribution is 1.97. The molecule has 0 aromatic carbocycles. The van der Waals surface area contributed by atoms with Gasteiger partial charge in [0.05, 0.1) is 14.1 Å².